The first-order valence-corrected chi connectivity index (χ1v) is 9.88. The van der Waals surface area contributed by atoms with E-state index < -0.39 is 0 Å². The zero-order valence-electron chi connectivity index (χ0n) is 16.5. The lowest BCUT2D eigenvalue weighted by Gasteiger charge is -2.19. The van der Waals surface area contributed by atoms with Gasteiger partial charge in [-0.15, -0.1) is 0 Å². The summed E-state index contributed by atoms with van der Waals surface area (Å²) in [6.07, 6.45) is 3.40. The number of carbonyl (C=O) groups excluding carboxylic acids is 1. The second-order valence-electron chi connectivity index (χ2n) is 6.94. The van der Waals surface area contributed by atoms with Crippen molar-refractivity contribution in [2.75, 3.05) is 0 Å². The van der Waals surface area contributed by atoms with Crippen LogP contribution in [0.2, 0.25) is 0 Å². The number of hydrogen-bond acceptors (Lipinski definition) is 4. The Hall–Kier alpha value is -3.70. The van der Waals surface area contributed by atoms with Crippen molar-refractivity contribution >= 4 is 5.91 Å². The summed E-state index contributed by atoms with van der Waals surface area (Å²) in [7, 11) is 0. The van der Waals surface area contributed by atoms with E-state index in [4.69, 9.17) is 4.42 Å². The summed E-state index contributed by atoms with van der Waals surface area (Å²) in [5.41, 5.74) is 3.74. The van der Waals surface area contributed by atoms with E-state index in [2.05, 4.69) is 27.8 Å². The lowest BCUT2D eigenvalue weighted by molar-refractivity contribution is 0.0948. The van der Waals surface area contributed by atoms with E-state index in [0.717, 1.165) is 22.6 Å². The Bertz CT molecular complexity index is 1020. The van der Waals surface area contributed by atoms with Crippen molar-refractivity contribution < 1.29 is 9.21 Å². The molecule has 150 valence electrons. The van der Waals surface area contributed by atoms with Gasteiger partial charge in [0.05, 0.1) is 24.5 Å². The summed E-state index contributed by atoms with van der Waals surface area (Å²) in [5, 5.41) is 6.46. The van der Waals surface area contributed by atoms with Gasteiger partial charge in [-0.2, -0.15) is 0 Å². The van der Waals surface area contributed by atoms with Crippen LogP contribution in [0.5, 0.6) is 0 Å². The summed E-state index contributed by atoms with van der Waals surface area (Å²) < 4.78 is 5.26. The van der Waals surface area contributed by atoms with Crippen LogP contribution >= 0.6 is 0 Å². The molecule has 0 fully saturated rings. The fraction of sp³-hybridized carbons (Fsp3) is 0.120. The maximum atomic E-state index is 12.5. The molecule has 2 heterocycles. The minimum absolute atomic E-state index is 0.0381. The maximum Gasteiger partial charge on any atom is 0.251 e. The molecular formula is C25H23N3O2. The van der Waals surface area contributed by atoms with Crippen molar-refractivity contribution in [2.45, 2.75) is 19.1 Å². The van der Waals surface area contributed by atoms with Gasteiger partial charge in [0.2, 0.25) is 0 Å². The average Bonchev–Trinajstić information content (AvgIpc) is 3.33. The van der Waals surface area contributed by atoms with Crippen LogP contribution in [0.3, 0.4) is 0 Å². The van der Waals surface area contributed by atoms with Gasteiger partial charge in [0.25, 0.3) is 5.91 Å². The molecule has 30 heavy (non-hydrogen) atoms. The van der Waals surface area contributed by atoms with Crippen LogP contribution in [-0.4, -0.2) is 10.9 Å². The summed E-state index contributed by atoms with van der Waals surface area (Å²) in [5.74, 6) is 0.597. The van der Waals surface area contributed by atoms with Crippen LogP contribution in [0.4, 0.5) is 0 Å². The molecule has 0 saturated carbocycles. The van der Waals surface area contributed by atoms with Gasteiger partial charge < -0.3 is 15.1 Å². The van der Waals surface area contributed by atoms with Gasteiger partial charge in [-0.1, -0.05) is 48.5 Å². The molecule has 4 rings (SSSR count). The lowest BCUT2D eigenvalue weighted by Crippen LogP contribution is -2.24. The Labute approximate surface area is 175 Å². The molecular weight excluding hydrogens is 374 g/mol. The molecule has 0 saturated heterocycles. The van der Waals surface area contributed by atoms with Gasteiger partial charge in [0, 0.05) is 18.3 Å². The van der Waals surface area contributed by atoms with Crippen molar-refractivity contribution in [3.8, 4) is 0 Å². The Balaban J connectivity index is 1.45. The molecule has 1 unspecified atom stereocenters. The molecule has 0 radical (unpaired) electrons. The standard InChI is InChI=1S/C25H23N3O2/c29-25(28-18-22-12-7-15-30-22)21-11-6-8-19(16-21)17-27-24(20-9-2-1-3-10-20)23-13-4-5-14-26-23/h1-16,24,27H,17-18H2,(H,28,29). The number of aromatic nitrogens is 1. The minimum atomic E-state index is -0.127. The molecule has 5 nitrogen and oxygen atoms in total. The number of carbonyl (C=O) groups is 1. The third kappa shape index (κ3) is 5.01. The Morgan fingerprint density at radius 2 is 1.77 bits per heavy atom. The molecule has 0 bridgehead atoms. The second kappa shape index (κ2) is 9.67. The highest BCUT2D eigenvalue weighted by Gasteiger charge is 2.15. The Morgan fingerprint density at radius 3 is 2.53 bits per heavy atom. The molecule has 2 aromatic carbocycles. The van der Waals surface area contributed by atoms with Crippen LogP contribution in [0.1, 0.15) is 39.0 Å². The van der Waals surface area contributed by atoms with E-state index in [1.807, 2.05) is 66.7 Å². The molecule has 0 aliphatic carbocycles. The van der Waals surface area contributed by atoms with Crippen molar-refractivity contribution in [3.63, 3.8) is 0 Å². The highest BCUT2D eigenvalue weighted by molar-refractivity contribution is 5.94. The quantitative estimate of drug-likeness (QED) is 0.460. The van der Waals surface area contributed by atoms with Crippen LogP contribution < -0.4 is 10.6 Å². The number of amides is 1. The molecule has 5 heteroatoms. The molecule has 2 aromatic heterocycles. The lowest BCUT2D eigenvalue weighted by atomic mass is 10.0. The molecule has 0 aliphatic heterocycles. The van der Waals surface area contributed by atoms with Crippen molar-refractivity contribution in [1.82, 2.24) is 15.6 Å². The average molecular weight is 397 g/mol. The summed E-state index contributed by atoms with van der Waals surface area (Å²) >= 11 is 0. The fourth-order valence-electron chi connectivity index (χ4n) is 3.31. The molecule has 1 amide bonds. The second-order valence-corrected chi connectivity index (χ2v) is 6.94. The third-order valence-electron chi connectivity index (χ3n) is 4.82. The first kappa shape index (κ1) is 19.6. The number of nitrogens with one attached hydrogen (secondary N) is 2. The van der Waals surface area contributed by atoms with E-state index in [1.165, 1.54) is 0 Å². The largest absolute Gasteiger partial charge is 0.467 e. The molecule has 1 atom stereocenters. The summed E-state index contributed by atoms with van der Waals surface area (Å²) in [4.78, 5) is 17.0. The number of pyridine rings is 1. The molecule has 0 aliphatic rings. The molecule has 2 N–H and O–H groups in total. The highest BCUT2D eigenvalue weighted by Crippen LogP contribution is 2.20. The number of nitrogens with zero attached hydrogens (tertiary/aromatic N) is 1. The molecule has 0 spiro atoms. The predicted molar refractivity (Wildman–Crippen MR) is 116 cm³/mol. The first-order chi connectivity index (χ1) is 14.8. The van der Waals surface area contributed by atoms with E-state index >= 15 is 0 Å². The third-order valence-corrected chi connectivity index (χ3v) is 4.82. The normalized spacial score (nSPS) is 11.7. The van der Waals surface area contributed by atoms with E-state index in [9.17, 15) is 4.79 Å². The fourth-order valence-corrected chi connectivity index (χ4v) is 3.31. The van der Waals surface area contributed by atoms with E-state index in [1.54, 1.807) is 18.5 Å². The van der Waals surface area contributed by atoms with Gasteiger partial charge in [0.15, 0.2) is 0 Å². The van der Waals surface area contributed by atoms with Gasteiger partial charge >= 0.3 is 0 Å². The van der Waals surface area contributed by atoms with Gasteiger partial charge in [0.1, 0.15) is 5.76 Å². The number of furan rings is 1. The van der Waals surface area contributed by atoms with Crippen molar-refractivity contribution in [3.05, 3.63) is 126 Å². The topological polar surface area (TPSA) is 67.2 Å². The van der Waals surface area contributed by atoms with Crippen LogP contribution in [0, 0.1) is 0 Å². The van der Waals surface area contributed by atoms with Crippen molar-refractivity contribution in [2.24, 2.45) is 0 Å². The van der Waals surface area contributed by atoms with Crippen LogP contribution in [-0.2, 0) is 13.1 Å². The smallest absolute Gasteiger partial charge is 0.251 e. The predicted octanol–water partition coefficient (Wildman–Crippen LogP) is 4.48. The van der Waals surface area contributed by atoms with Gasteiger partial charge in [-0.25, -0.2) is 0 Å². The summed E-state index contributed by atoms with van der Waals surface area (Å²) in [6.45, 7) is 0.972. The Morgan fingerprint density at radius 1 is 0.900 bits per heavy atom. The van der Waals surface area contributed by atoms with Gasteiger partial charge in [-0.3, -0.25) is 9.78 Å². The SMILES string of the molecule is O=C(NCc1ccco1)c1cccc(CNC(c2ccccc2)c2ccccn2)c1. The highest BCUT2D eigenvalue weighted by atomic mass is 16.3. The van der Waals surface area contributed by atoms with Crippen LogP contribution in [0.25, 0.3) is 0 Å². The van der Waals surface area contributed by atoms with Crippen molar-refractivity contribution in [1.29, 1.82) is 0 Å². The number of benzene rings is 2. The monoisotopic (exact) mass is 397 g/mol. The van der Waals surface area contributed by atoms with E-state index in [-0.39, 0.29) is 11.9 Å². The zero-order valence-corrected chi connectivity index (χ0v) is 16.5. The maximum absolute atomic E-state index is 12.5. The molecule has 4 aromatic rings. The van der Waals surface area contributed by atoms with Crippen LogP contribution in [0.15, 0.2) is 102 Å². The van der Waals surface area contributed by atoms with E-state index in [0.29, 0.717) is 18.7 Å². The zero-order chi connectivity index (χ0) is 20.6. The number of rotatable bonds is 8. The van der Waals surface area contributed by atoms with Gasteiger partial charge in [-0.05, 0) is 47.5 Å². The Kier molecular flexibility index (Phi) is 6.32. The number of hydrogen-bond donors (Lipinski definition) is 2. The minimum Gasteiger partial charge on any atom is -0.467 e. The summed E-state index contributed by atoms with van der Waals surface area (Å²) in [6, 6.07) is 27.4. The first-order valence-electron chi connectivity index (χ1n) is 9.88.